The predicted octanol–water partition coefficient (Wildman–Crippen LogP) is 2.05. The highest BCUT2D eigenvalue weighted by atomic mass is 32.1. The number of rotatable bonds is 2. The Hall–Kier alpha value is -2.13. The van der Waals surface area contributed by atoms with Crippen LogP contribution in [0.15, 0.2) is 22.4 Å². The van der Waals surface area contributed by atoms with E-state index in [1.165, 1.54) is 24.8 Å². The van der Waals surface area contributed by atoms with Crippen LogP contribution in [0.25, 0.3) is 16.0 Å². The Balaban J connectivity index is 2.35. The summed E-state index contributed by atoms with van der Waals surface area (Å²) in [6.07, 6.45) is 0. The summed E-state index contributed by atoms with van der Waals surface area (Å²) in [6.45, 7) is 0. The second kappa shape index (κ2) is 4.76. The van der Waals surface area contributed by atoms with Crippen molar-refractivity contribution in [3.8, 4) is 11.6 Å². The van der Waals surface area contributed by atoms with Crippen LogP contribution < -0.4 is 10.3 Å². The molecular formula is C11H7FN4O2S2. The minimum atomic E-state index is -0.838. The largest absolute Gasteiger partial charge is 0.481 e. The van der Waals surface area contributed by atoms with Gasteiger partial charge < -0.3 is 9.72 Å². The molecule has 102 valence electrons. The third kappa shape index (κ3) is 1.91. The summed E-state index contributed by atoms with van der Waals surface area (Å²) in [5.41, 5.74) is 1.44. The van der Waals surface area contributed by atoms with Crippen molar-refractivity contribution in [1.82, 2.24) is 19.5 Å². The number of methoxy groups -OCH3 is 1. The first-order chi connectivity index (χ1) is 9.61. The van der Waals surface area contributed by atoms with Gasteiger partial charge in [0.2, 0.25) is 11.8 Å². The molecule has 1 N–H and O–H groups in total. The molecule has 0 aliphatic carbocycles. The first-order valence-corrected chi connectivity index (χ1v) is 6.70. The average Bonchev–Trinajstić information content (AvgIpc) is 2.88. The summed E-state index contributed by atoms with van der Waals surface area (Å²) in [4.78, 5) is 22.7. The smallest absolute Gasteiger partial charge is 0.278 e. The van der Waals surface area contributed by atoms with Crippen LogP contribution in [0.3, 0.4) is 0 Å². The van der Waals surface area contributed by atoms with E-state index in [4.69, 9.17) is 17.0 Å². The van der Waals surface area contributed by atoms with Crippen LogP contribution in [0, 0.1) is 10.7 Å². The molecule has 0 spiro atoms. The Morgan fingerprint density at radius 3 is 3.00 bits per heavy atom. The lowest BCUT2D eigenvalue weighted by Crippen LogP contribution is -2.21. The van der Waals surface area contributed by atoms with Crippen molar-refractivity contribution in [2.45, 2.75) is 0 Å². The van der Waals surface area contributed by atoms with Crippen LogP contribution in [0.2, 0.25) is 0 Å². The maximum Gasteiger partial charge on any atom is 0.278 e. The van der Waals surface area contributed by atoms with Crippen LogP contribution in [-0.2, 0) is 0 Å². The van der Waals surface area contributed by atoms with Gasteiger partial charge in [0.15, 0.2) is 10.4 Å². The van der Waals surface area contributed by atoms with E-state index < -0.39 is 11.5 Å². The van der Waals surface area contributed by atoms with E-state index in [2.05, 4.69) is 15.0 Å². The van der Waals surface area contributed by atoms with E-state index in [0.29, 0.717) is 10.3 Å². The number of halogens is 1. The number of pyridine rings is 1. The number of hydrogen-bond acceptors (Lipinski definition) is 6. The van der Waals surface area contributed by atoms with Crippen molar-refractivity contribution in [3.05, 3.63) is 38.7 Å². The molecule has 0 aliphatic heterocycles. The second-order valence-electron chi connectivity index (χ2n) is 3.76. The Labute approximate surface area is 120 Å². The molecule has 0 saturated heterocycles. The van der Waals surface area contributed by atoms with Gasteiger partial charge >= 0.3 is 0 Å². The van der Waals surface area contributed by atoms with Crippen LogP contribution in [-0.4, -0.2) is 26.6 Å². The third-order valence-corrected chi connectivity index (χ3v) is 3.75. The molecule has 3 aromatic heterocycles. The number of H-pyrrole nitrogens is 1. The van der Waals surface area contributed by atoms with Crippen molar-refractivity contribution in [1.29, 1.82) is 0 Å². The quantitative estimate of drug-likeness (QED) is 0.579. The van der Waals surface area contributed by atoms with Crippen molar-refractivity contribution in [2.75, 3.05) is 7.11 Å². The number of fused-ring (bicyclic) bond motifs is 1. The zero-order valence-electron chi connectivity index (χ0n) is 10.1. The van der Waals surface area contributed by atoms with Gasteiger partial charge in [0.05, 0.1) is 12.6 Å². The summed E-state index contributed by atoms with van der Waals surface area (Å²) in [5.74, 6) is -0.720. The number of hydrogen-bond donors (Lipinski definition) is 1. The molecule has 6 nitrogen and oxygen atoms in total. The molecule has 0 aromatic carbocycles. The molecule has 3 heterocycles. The molecule has 0 bridgehead atoms. The Morgan fingerprint density at radius 2 is 2.30 bits per heavy atom. The van der Waals surface area contributed by atoms with Gasteiger partial charge in [-0.15, -0.1) is 11.3 Å². The van der Waals surface area contributed by atoms with Crippen molar-refractivity contribution >= 4 is 33.9 Å². The van der Waals surface area contributed by atoms with E-state index in [-0.39, 0.29) is 16.3 Å². The van der Waals surface area contributed by atoms with Gasteiger partial charge in [-0.05, 0) is 18.3 Å². The minimum absolute atomic E-state index is 0.0349. The number of aromatic amines is 1. The van der Waals surface area contributed by atoms with E-state index in [9.17, 15) is 9.18 Å². The number of thiazole rings is 1. The molecule has 0 saturated carbocycles. The molecule has 0 radical (unpaired) electrons. The lowest BCUT2D eigenvalue weighted by molar-refractivity contribution is 0.387. The van der Waals surface area contributed by atoms with Gasteiger partial charge in [-0.3, -0.25) is 4.79 Å². The zero-order chi connectivity index (χ0) is 14.3. The molecule has 0 amide bonds. The first kappa shape index (κ1) is 12.9. The van der Waals surface area contributed by atoms with Crippen LogP contribution in [0.1, 0.15) is 0 Å². The molecular weight excluding hydrogens is 303 g/mol. The molecule has 0 atom stereocenters. The number of nitrogens with one attached hydrogen (secondary N) is 1. The fourth-order valence-electron chi connectivity index (χ4n) is 1.75. The number of aromatic nitrogens is 4. The first-order valence-electron chi connectivity index (χ1n) is 5.41. The molecule has 3 rings (SSSR count). The van der Waals surface area contributed by atoms with Gasteiger partial charge in [0.1, 0.15) is 10.4 Å². The second-order valence-corrected chi connectivity index (χ2v) is 5.01. The van der Waals surface area contributed by atoms with Gasteiger partial charge in [0.25, 0.3) is 5.56 Å². The zero-order valence-corrected chi connectivity index (χ0v) is 11.7. The lowest BCUT2D eigenvalue weighted by atomic mass is 10.4. The SMILES string of the molecule is COc1ccc(-n2c(=S)[nH]c3ncsc3c2=O)c(F)n1. The Morgan fingerprint density at radius 1 is 1.50 bits per heavy atom. The van der Waals surface area contributed by atoms with Crippen LogP contribution in [0.4, 0.5) is 4.39 Å². The fourth-order valence-corrected chi connectivity index (χ4v) is 2.70. The maximum atomic E-state index is 14.0. The highest BCUT2D eigenvalue weighted by Crippen LogP contribution is 2.17. The molecule has 3 aromatic rings. The molecule has 9 heteroatoms. The fraction of sp³-hybridized carbons (Fsp3) is 0.0909. The summed E-state index contributed by atoms with van der Waals surface area (Å²) < 4.78 is 20.3. The van der Waals surface area contributed by atoms with Crippen molar-refractivity contribution in [2.24, 2.45) is 0 Å². The summed E-state index contributed by atoms with van der Waals surface area (Å²) in [7, 11) is 1.38. The normalized spacial score (nSPS) is 10.9. The lowest BCUT2D eigenvalue weighted by Gasteiger charge is -2.07. The van der Waals surface area contributed by atoms with E-state index in [1.54, 1.807) is 0 Å². The van der Waals surface area contributed by atoms with Gasteiger partial charge in [-0.25, -0.2) is 9.55 Å². The molecule has 0 unspecified atom stereocenters. The highest BCUT2D eigenvalue weighted by molar-refractivity contribution is 7.71. The topological polar surface area (TPSA) is 72.8 Å². The summed E-state index contributed by atoms with van der Waals surface area (Å²) in [5, 5.41) is 0. The van der Waals surface area contributed by atoms with Crippen LogP contribution >= 0.6 is 23.6 Å². The summed E-state index contributed by atoms with van der Waals surface area (Å²) >= 11 is 6.24. The molecule has 0 aliphatic rings. The predicted molar refractivity (Wildman–Crippen MR) is 74.7 cm³/mol. The molecule has 0 fully saturated rings. The van der Waals surface area contributed by atoms with E-state index >= 15 is 0 Å². The van der Waals surface area contributed by atoms with Crippen molar-refractivity contribution in [3.63, 3.8) is 0 Å². The van der Waals surface area contributed by atoms with Gasteiger partial charge in [-0.1, -0.05) is 0 Å². The standard InChI is InChI=1S/C11H7FN4O2S2/c1-18-6-3-2-5(8(12)14-6)16-10(17)7-9(13-4-20-7)15-11(16)19/h2-4H,1H3,(H,15,19). The maximum absolute atomic E-state index is 14.0. The molecule has 20 heavy (non-hydrogen) atoms. The third-order valence-electron chi connectivity index (χ3n) is 2.65. The Bertz CT molecular complexity index is 915. The monoisotopic (exact) mass is 310 g/mol. The summed E-state index contributed by atoms with van der Waals surface area (Å²) in [6, 6.07) is 2.84. The van der Waals surface area contributed by atoms with E-state index in [0.717, 1.165) is 15.9 Å². The number of nitrogens with zero attached hydrogens (tertiary/aromatic N) is 3. The van der Waals surface area contributed by atoms with Crippen LogP contribution in [0.5, 0.6) is 5.88 Å². The Kier molecular flexibility index (Phi) is 3.07. The van der Waals surface area contributed by atoms with E-state index in [1.807, 2.05) is 0 Å². The van der Waals surface area contributed by atoms with Crippen molar-refractivity contribution < 1.29 is 9.13 Å². The highest BCUT2D eigenvalue weighted by Gasteiger charge is 2.14. The minimum Gasteiger partial charge on any atom is -0.481 e. The number of ether oxygens (including phenoxy) is 1. The average molecular weight is 310 g/mol. The van der Waals surface area contributed by atoms with Gasteiger partial charge in [-0.2, -0.15) is 9.37 Å². The van der Waals surface area contributed by atoms with Gasteiger partial charge in [0, 0.05) is 6.07 Å².